The van der Waals surface area contributed by atoms with E-state index in [9.17, 15) is 0 Å². The van der Waals surface area contributed by atoms with E-state index in [1.165, 1.54) is 0 Å². The van der Waals surface area contributed by atoms with Crippen LogP contribution in [0.25, 0.3) is 0 Å². The molecule has 2 heterocycles. The molecule has 0 aliphatic rings. The summed E-state index contributed by atoms with van der Waals surface area (Å²) in [4.78, 5) is 4.05. The van der Waals surface area contributed by atoms with Gasteiger partial charge in [0.05, 0.1) is 12.8 Å². The Morgan fingerprint density at radius 3 is 3.23 bits per heavy atom. The largest absolute Gasteiger partial charge is 0.468 e. The van der Waals surface area contributed by atoms with E-state index in [2.05, 4.69) is 15.8 Å². The fraction of sp³-hybridized carbons (Fsp3) is 0.125. The average molecular weight is 195 g/mol. The van der Waals surface area contributed by atoms with E-state index in [0.29, 0.717) is 6.54 Å². The topological polar surface area (TPSA) is 50.1 Å². The number of hydrazine groups is 1. The minimum atomic E-state index is 0.645. The van der Waals surface area contributed by atoms with Gasteiger partial charge >= 0.3 is 0 Å². The third-order valence-electron chi connectivity index (χ3n) is 1.47. The Morgan fingerprint density at radius 1 is 1.54 bits per heavy atom. The van der Waals surface area contributed by atoms with Crippen molar-refractivity contribution < 1.29 is 4.42 Å². The maximum absolute atomic E-state index is 5.13. The van der Waals surface area contributed by atoms with Gasteiger partial charge in [-0.15, -0.1) is 11.3 Å². The maximum Gasteiger partial charge on any atom is 0.197 e. The van der Waals surface area contributed by atoms with Gasteiger partial charge in [-0.3, -0.25) is 5.43 Å². The van der Waals surface area contributed by atoms with Crippen LogP contribution in [0.15, 0.2) is 34.4 Å². The van der Waals surface area contributed by atoms with Crippen LogP contribution in [0, 0.1) is 0 Å². The number of hydrogen-bond donors (Lipinski definition) is 2. The number of furan rings is 1. The standard InChI is InChI=1S/C8H9N3OS/c1-2-7(12-4-1)6-10-11-8-9-3-5-13-8/h1-5,10H,6H2,(H,9,11). The Kier molecular flexibility index (Phi) is 2.59. The van der Waals surface area contributed by atoms with Crippen LogP contribution in [0.5, 0.6) is 0 Å². The molecule has 0 radical (unpaired) electrons. The second kappa shape index (κ2) is 4.06. The molecule has 68 valence electrons. The van der Waals surface area contributed by atoms with E-state index in [-0.39, 0.29) is 0 Å². The van der Waals surface area contributed by atoms with Crippen molar-refractivity contribution in [1.82, 2.24) is 10.4 Å². The van der Waals surface area contributed by atoms with E-state index in [0.717, 1.165) is 10.9 Å². The molecule has 0 aliphatic heterocycles. The van der Waals surface area contributed by atoms with E-state index in [1.54, 1.807) is 23.8 Å². The first-order chi connectivity index (χ1) is 6.45. The zero-order valence-corrected chi connectivity index (χ0v) is 7.67. The second-order valence-electron chi connectivity index (χ2n) is 2.40. The Bertz CT molecular complexity index is 296. The molecule has 2 aromatic heterocycles. The van der Waals surface area contributed by atoms with Gasteiger partial charge < -0.3 is 4.42 Å². The third kappa shape index (κ3) is 2.30. The number of anilines is 1. The lowest BCUT2D eigenvalue weighted by molar-refractivity contribution is 0.494. The van der Waals surface area contributed by atoms with Crippen LogP contribution < -0.4 is 10.9 Å². The lowest BCUT2D eigenvalue weighted by atomic mass is 10.5. The van der Waals surface area contributed by atoms with Crippen molar-refractivity contribution in [3.8, 4) is 0 Å². The minimum Gasteiger partial charge on any atom is -0.468 e. The fourth-order valence-corrected chi connectivity index (χ4v) is 1.41. The Morgan fingerprint density at radius 2 is 2.54 bits per heavy atom. The first-order valence-electron chi connectivity index (χ1n) is 3.86. The Balaban J connectivity index is 1.76. The van der Waals surface area contributed by atoms with Gasteiger partial charge in [-0.05, 0) is 12.1 Å². The van der Waals surface area contributed by atoms with Crippen molar-refractivity contribution in [1.29, 1.82) is 0 Å². The molecule has 0 saturated carbocycles. The number of hydrogen-bond acceptors (Lipinski definition) is 5. The Labute approximate surface area is 79.6 Å². The van der Waals surface area contributed by atoms with Crippen molar-refractivity contribution >= 4 is 16.5 Å². The third-order valence-corrected chi connectivity index (χ3v) is 2.16. The Hall–Kier alpha value is -1.33. The highest BCUT2D eigenvalue weighted by molar-refractivity contribution is 7.13. The molecule has 0 spiro atoms. The van der Waals surface area contributed by atoms with Crippen molar-refractivity contribution in [2.75, 3.05) is 5.43 Å². The summed E-state index contributed by atoms with van der Waals surface area (Å²) in [6.07, 6.45) is 3.40. The first-order valence-corrected chi connectivity index (χ1v) is 4.74. The lowest BCUT2D eigenvalue weighted by Crippen LogP contribution is -2.20. The van der Waals surface area contributed by atoms with Crippen molar-refractivity contribution in [3.05, 3.63) is 35.7 Å². The molecule has 2 rings (SSSR count). The van der Waals surface area contributed by atoms with Gasteiger partial charge in [-0.2, -0.15) is 0 Å². The number of nitrogens with one attached hydrogen (secondary N) is 2. The van der Waals surface area contributed by atoms with Crippen LogP contribution >= 0.6 is 11.3 Å². The highest BCUT2D eigenvalue weighted by Gasteiger charge is 1.95. The monoisotopic (exact) mass is 195 g/mol. The summed E-state index contributed by atoms with van der Waals surface area (Å²) in [6, 6.07) is 3.77. The summed E-state index contributed by atoms with van der Waals surface area (Å²) in [5.41, 5.74) is 5.95. The molecule has 0 atom stereocenters. The molecule has 0 saturated heterocycles. The SMILES string of the molecule is c1coc(CNNc2nccs2)c1. The van der Waals surface area contributed by atoms with Gasteiger partial charge in [-0.1, -0.05) is 0 Å². The summed E-state index contributed by atoms with van der Waals surface area (Å²) in [7, 11) is 0. The van der Waals surface area contributed by atoms with Gasteiger partial charge in [0.15, 0.2) is 5.13 Å². The van der Waals surface area contributed by atoms with Gasteiger partial charge in [0.2, 0.25) is 0 Å². The number of thiazole rings is 1. The van der Waals surface area contributed by atoms with Crippen molar-refractivity contribution in [2.45, 2.75) is 6.54 Å². The highest BCUT2D eigenvalue weighted by atomic mass is 32.1. The predicted octanol–water partition coefficient (Wildman–Crippen LogP) is 1.85. The molecule has 0 unspecified atom stereocenters. The van der Waals surface area contributed by atoms with Crippen LogP contribution in [-0.4, -0.2) is 4.98 Å². The van der Waals surface area contributed by atoms with Gasteiger partial charge in [0.1, 0.15) is 5.76 Å². The second-order valence-corrected chi connectivity index (χ2v) is 3.29. The molecular weight excluding hydrogens is 186 g/mol. The van der Waals surface area contributed by atoms with Crippen LogP contribution in [0.3, 0.4) is 0 Å². The summed E-state index contributed by atoms with van der Waals surface area (Å²) in [6.45, 7) is 0.645. The fourth-order valence-electron chi connectivity index (χ4n) is 0.905. The molecule has 4 nitrogen and oxygen atoms in total. The van der Waals surface area contributed by atoms with E-state index < -0.39 is 0 Å². The van der Waals surface area contributed by atoms with Crippen molar-refractivity contribution in [2.24, 2.45) is 0 Å². The normalized spacial score (nSPS) is 10.2. The zero-order valence-electron chi connectivity index (χ0n) is 6.86. The number of nitrogens with zero attached hydrogens (tertiary/aromatic N) is 1. The van der Waals surface area contributed by atoms with Crippen LogP contribution in [0.1, 0.15) is 5.76 Å². The van der Waals surface area contributed by atoms with Crippen molar-refractivity contribution in [3.63, 3.8) is 0 Å². The van der Waals surface area contributed by atoms with E-state index >= 15 is 0 Å². The molecule has 0 amide bonds. The smallest absolute Gasteiger partial charge is 0.197 e. The summed E-state index contributed by atoms with van der Waals surface area (Å²) >= 11 is 1.54. The molecule has 0 aliphatic carbocycles. The van der Waals surface area contributed by atoms with Gasteiger partial charge in [0, 0.05) is 11.6 Å². The van der Waals surface area contributed by atoms with Gasteiger partial charge in [0.25, 0.3) is 0 Å². The van der Waals surface area contributed by atoms with E-state index in [1.807, 2.05) is 17.5 Å². The molecule has 0 fully saturated rings. The summed E-state index contributed by atoms with van der Waals surface area (Å²) in [5, 5.41) is 2.77. The van der Waals surface area contributed by atoms with Crippen LogP contribution in [0.4, 0.5) is 5.13 Å². The number of rotatable bonds is 4. The maximum atomic E-state index is 5.13. The van der Waals surface area contributed by atoms with Gasteiger partial charge in [-0.25, -0.2) is 10.4 Å². The quantitative estimate of drug-likeness (QED) is 0.731. The van der Waals surface area contributed by atoms with E-state index in [4.69, 9.17) is 4.42 Å². The van der Waals surface area contributed by atoms with Crippen LogP contribution in [-0.2, 0) is 6.54 Å². The molecule has 2 N–H and O–H groups in total. The molecule has 2 aromatic rings. The number of aromatic nitrogens is 1. The molecule has 0 bridgehead atoms. The summed E-state index contributed by atoms with van der Waals surface area (Å²) < 4.78 is 5.13. The molecule has 0 aromatic carbocycles. The van der Waals surface area contributed by atoms with Crippen LogP contribution in [0.2, 0.25) is 0 Å². The minimum absolute atomic E-state index is 0.645. The molecule has 5 heteroatoms. The predicted molar refractivity (Wildman–Crippen MR) is 51.3 cm³/mol. The molecular formula is C8H9N3OS. The summed E-state index contributed by atoms with van der Waals surface area (Å²) in [5.74, 6) is 0.893. The zero-order chi connectivity index (χ0) is 8.93. The lowest BCUT2D eigenvalue weighted by Gasteiger charge is -2.01. The molecule has 13 heavy (non-hydrogen) atoms. The average Bonchev–Trinajstić information content (AvgIpc) is 2.75. The first kappa shape index (κ1) is 8.28. The highest BCUT2D eigenvalue weighted by Crippen LogP contribution is 2.08.